The summed E-state index contributed by atoms with van der Waals surface area (Å²) >= 11 is 0. The predicted octanol–water partition coefficient (Wildman–Crippen LogP) is 5.65. The first-order valence-corrected chi connectivity index (χ1v) is 12.0. The first-order valence-electron chi connectivity index (χ1n) is 12.0. The summed E-state index contributed by atoms with van der Waals surface area (Å²) in [6, 6.07) is 33.4. The molecule has 1 aromatic heterocycles. The summed E-state index contributed by atoms with van der Waals surface area (Å²) in [5.74, 6) is 0.702. The number of piperazine rings is 1. The molecule has 0 N–H and O–H groups in total. The average molecular weight is 460 g/mol. The molecule has 1 aliphatic heterocycles. The number of aromatic nitrogens is 1. The van der Waals surface area contributed by atoms with Crippen molar-refractivity contribution in [3.63, 3.8) is 0 Å². The van der Waals surface area contributed by atoms with E-state index in [0.29, 0.717) is 17.9 Å². The third-order valence-electron chi connectivity index (χ3n) is 6.52. The van der Waals surface area contributed by atoms with Gasteiger partial charge in [-0.25, -0.2) is 4.99 Å². The lowest BCUT2D eigenvalue weighted by molar-refractivity contribution is 0.219. The van der Waals surface area contributed by atoms with Crippen molar-refractivity contribution >= 4 is 12.2 Å². The van der Waals surface area contributed by atoms with Crippen molar-refractivity contribution < 1.29 is 0 Å². The number of nitrogens with zero attached hydrogens (tertiary/aromatic N) is 5. The zero-order chi connectivity index (χ0) is 24.0. The van der Waals surface area contributed by atoms with Crippen LogP contribution in [-0.2, 0) is 6.54 Å². The van der Waals surface area contributed by atoms with Crippen LogP contribution in [0.5, 0.6) is 0 Å². The van der Waals surface area contributed by atoms with Crippen molar-refractivity contribution in [2.24, 2.45) is 4.99 Å². The highest BCUT2D eigenvalue weighted by Crippen LogP contribution is 2.43. The molecule has 2 heterocycles. The van der Waals surface area contributed by atoms with E-state index in [-0.39, 0.29) is 0 Å². The molecule has 1 saturated heterocycles. The zero-order valence-electron chi connectivity index (χ0n) is 20.0. The van der Waals surface area contributed by atoms with Crippen LogP contribution in [0.3, 0.4) is 0 Å². The van der Waals surface area contributed by atoms with Crippen molar-refractivity contribution in [3.8, 4) is 28.5 Å². The monoisotopic (exact) mass is 459 g/mol. The fourth-order valence-electron chi connectivity index (χ4n) is 4.62. The van der Waals surface area contributed by atoms with E-state index in [1.807, 2.05) is 48.8 Å². The van der Waals surface area contributed by atoms with Crippen molar-refractivity contribution in [1.29, 1.82) is 5.26 Å². The summed E-state index contributed by atoms with van der Waals surface area (Å²) in [5, 5.41) is 10.4. The van der Waals surface area contributed by atoms with Gasteiger partial charge in [0, 0.05) is 38.3 Å². The van der Waals surface area contributed by atoms with Crippen molar-refractivity contribution in [2.75, 3.05) is 33.2 Å². The molecule has 0 atom stereocenters. The van der Waals surface area contributed by atoms with Gasteiger partial charge in [0.2, 0.25) is 0 Å². The Labute approximate surface area is 207 Å². The maximum absolute atomic E-state index is 10.4. The van der Waals surface area contributed by atoms with Gasteiger partial charge in [-0.15, -0.1) is 0 Å². The van der Waals surface area contributed by atoms with E-state index in [0.717, 1.165) is 48.6 Å². The molecule has 0 bridgehead atoms. The van der Waals surface area contributed by atoms with Crippen LogP contribution in [0.2, 0.25) is 0 Å². The third kappa shape index (κ3) is 4.89. The van der Waals surface area contributed by atoms with Crippen LogP contribution in [0.1, 0.15) is 11.1 Å². The molecule has 0 spiro atoms. The highest BCUT2D eigenvalue weighted by atomic mass is 15.3. The molecule has 174 valence electrons. The second-order valence-electron chi connectivity index (χ2n) is 8.92. The van der Waals surface area contributed by atoms with E-state index in [2.05, 4.69) is 76.0 Å². The molecule has 0 unspecified atom stereocenters. The van der Waals surface area contributed by atoms with Crippen LogP contribution in [0, 0.1) is 11.3 Å². The van der Waals surface area contributed by atoms with Crippen LogP contribution in [0.4, 0.5) is 5.82 Å². The van der Waals surface area contributed by atoms with E-state index in [1.54, 1.807) is 0 Å². The van der Waals surface area contributed by atoms with Gasteiger partial charge in [-0.2, -0.15) is 5.26 Å². The SMILES string of the molecule is CN1CCN(/C=N/c2c(C#N)c(-c3ccccc3)c(-c3ccccc3)n2Cc2ccccc2)CC1. The number of hydrogen-bond acceptors (Lipinski definition) is 3. The minimum Gasteiger partial charge on any atom is -0.360 e. The largest absolute Gasteiger partial charge is 0.360 e. The summed E-state index contributed by atoms with van der Waals surface area (Å²) in [5.41, 5.74) is 5.81. The first kappa shape index (κ1) is 22.6. The Morgan fingerprint density at radius 2 is 1.37 bits per heavy atom. The number of benzene rings is 3. The lowest BCUT2D eigenvalue weighted by atomic mass is 9.98. The summed E-state index contributed by atoms with van der Waals surface area (Å²) in [6.45, 7) is 4.50. The standard InChI is InChI=1S/C30H29N5/c1-33-17-19-34(20-18-33)23-32-30-27(21-31)28(25-13-7-3-8-14-25)29(26-15-9-4-10-16-26)35(30)22-24-11-5-2-6-12-24/h2-16,23H,17-20,22H2,1H3/b32-23+. The molecule has 0 radical (unpaired) electrons. The molecule has 5 heteroatoms. The van der Waals surface area contributed by atoms with Gasteiger partial charge in [0.25, 0.3) is 0 Å². The molecule has 5 nitrogen and oxygen atoms in total. The second kappa shape index (κ2) is 10.4. The van der Waals surface area contributed by atoms with Crippen LogP contribution in [0.25, 0.3) is 22.4 Å². The van der Waals surface area contributed by atoms with Gasteiger partial charge in [0.15, 0.2) is 5.82 Å². The van der Waals surface area contributed by atoms with Gasteiger partial charge in [-0.1, -0.05) is 91.0 Å². The summed E-state index contributed by atoms with van der Waals surface area (Å²) in [4.78, 5) is 9.54. The topological polar surface area (TPSA) is 47.6 Å². The normalized spacial score (nSPS) is 14.3. The summed E-state index contributed by atoms with van der Waals surface area (Å²) < 4.78 is 2.21. The smallest absolute Gasteiger partial charge is 0.153 e. The quantitative estimate of drug-likeness (QED) is 0.277. The van der Waals surface area contributed by atoms with E-state index in [4.69, 9.17) is 4.99 Å². The summed E-state index contributed by atoms with van der Waals surface area (Å²) in [6.07, 6.45) is 1.92. The lowest BCUT2D eigenvalue weighted by Crippen LogP contribution is -2.43. The molecule has 4 aromatic rings. The Morgan fingerprint density at radius 1 is 0.800 bits per heavy atom. The van der Waals surface area contributed by atoms with E-state index < -0.39 is 0 Å². The van der Waals surface area contributed by atoms with Crippen molar-refractivity contribution in [2.45, 2.75) is 6.54 Å². The number of rotatable bonds is 6. The Bertz CT molecular complexity index is 1330. The van der Waals surface area contributed by atoms with Gasteiger partial charge in [0.1, 0.15) is 11.6 Å². The molecule has 1 fully saturated rings. The number of hydrogen-bond donors (Lipinski definition) is 0. The van der Waals surface area contributed by atoms with Gasteiger partial charge in [0.05, 0.1) is 12.0 Å². The third-order valence-corrected chi connectivity index (χ3v) is 6.52. The van der Waals surface area contributed by atoms with E-state index in [1.165, 1.54) is 5.56 Å². The van der Waals surface area contributed by atoms with Gasteiger partial charge < -0.3 is 14.4 Å². The Morgan fingerprint density at radius 3 is 1.97 bits per heavy atom. The second-order valence-corrected chi connectivity index (χ2v) is 8.92. The Kier molecular flexibility index (Phi) is 6.74. The summed E-state index contributed by atoms with van der Waals surface area (Å²) in [7, 11) is 2.14. The van der Waals surface area contributed by atoms with Crippen LogP contribution < -0.4 is 0 Å². The van der Waals surface area contributed by atoms with Gasteiger partial charge in [-0.3, -0.25) is 0 Å². The first-order chi connectivity index (χ1) is 17.2. The van der Waals surface area contributed by atoms with Gasteiger partial charge in [-0.05, 0) is 23.7 Å². The van der Waals surface area contributed by atoms with Gasteiger partial charge >= 0.3 is 0 Å². The number of nitriles is 1. The molecule has 0 saturated carbocycles. The fourth-order valence-corrected chi connectivity index (χ4v) is 4.62. The van der Waals surface area contributed by atoms with Crippen LogP contribution >= 0.6 is 0 Å². The van der Waals surface area contributed by atoms with E-state index in [9.17, 15) is 5.26 Å². The minimum absolute atomic E-state index is 0.608. The highest BCUT2D eigenvalue weighted by Gasteiger charge is 2.25. The van der Waals surface area contributed by atoms with Crippen LogP contribution in [0.15, 0.2) is 96.0 Å². The fraction of sp³-hybridized carbons (Fsp3) is 0.200. The molecule has 5 rings (SSSR count). The molecule has 0 amide bonds. The lowest BCUT2D eigenvalue weighted by Gasteiger charge is -2.30. The maximum atomic E-state index is 10.4. The Hall–Kier alpha value is -4.14. The molecule has 3 aromatic carbocycles. The molecular weight excluding hydrogens is 430 g/mol. The highest BCUT2D eigenvalue weighted by molar-refractivity contribution is 5.91. The molecule has 1 aliphatic rings. The molecule has 35 heavy (non-hydrogen) atoms. The predicted molar refractivity (Wildman–Crippen MR) is 143 cm³/mol. The van der Waals surface area contributed by atoms with Crippen molar-refractivity contribution in [1.82, 2.24) is 14.4 Å². The minimum atomic E-state index is 0.608. The average Bonchev–Trinajstić information content (AvgIpc) is 3.22. The maximum Gasteiger partial charge on any atom is 0.153 e. The van der Waals surface area contributed by atoms with E-state index >= 15 is 0 Å². The number of aliphatic imine (C=N–C) groups is 1. The Balaban J connectivity index is 1.73. The van der Waals surface area contributed by atoms with Crippen LogP contribution in [-0.4, -0.2) is 53.9 Å². The zero-order valence-corrected chi connectivity index (χ0v) is 20.0. The molecular formula is C30H29N5. The molecule has 0 aliphatic carbocycles. The van der Waals surface area contributed by atoms with Crippen molar-refractivity contribution in [3.05, 3.63) is 102 Å². The number of likely N-dealkylation sites (N-methyl/N-ethyl adjacent to an activating group) is 1.